The van der Waals surface area contributed by atoms with Crippen molar-refractivity contribution in [1.29, 1.82) is 0 Å². The number of ether oxygens (including phenoxy) is 2. The van der Waals surface area contributed by atoms with Gasteiger partial charge in [-0.3, -0.25) is 9.59 Å². The van der Waals surface area contributed by atoms with Gasteiger partial charge < -0.3 is 9.47 Å². The van der Waals surface area contributed by atoms with Crippen LogP contribution in [-0.2, 0) is 19.1 Å². The molecule has 112 valence electrons. The molecule has 0 fully saturated rings. The summed E-state index contributed by atoms with van der Waals surface area (Å²) in [7, 11) is 0. The quantitative estimate of drug-likeness (QED) is 0.604. The number of carbonyl (C=O) groups excluding carboxylic acids is 2. The van der Waals surface area contributed by atoms with E-state index in [-0.39, 0.29) is 30.9 Å². The van der Waals surface area contributed by atoms with Crippen LogP contribution in [0.25, 0.3) is 0 Å². The number of hydrogen-bond donors (Lipinski definition) is 0. The second kappa shape index (κ2) is 9.82. The molecule has 0 radical (unpaired) electrons. The van der Waals surface area contributed by atoms with Crippen LogP contribution in [0.1, 0.15) is 60.3 Å². The average molecular weight is 272 g/mol. The van der Waals surface area contributed by atoms with Gasteiger partial charge in [-0.15, -0.1) is 0 Å². The van der Waals surface area contributed by atoms with Gasteiger partial charge in [0.25, 0.3) is 0 Å². The lowest BCUT2D eigenvalue weighted by atomic mass is 9.96. The van der Waals surface area contributed by atoms with Crippen molar-refractivity contribution in [2.75, 3.05) is 6.61 Å². The summed E-state index contributed by atoms with van der Waals surface area (Å²) in [5, 5.41) is 0. The zero-order chi connectivity index (χ0) is 14.8. The molecule has 0 aliphatic rings. The third kappa shape index (κ3) is 8.62. The van der Waals surface area contributed by atoms with Crippen molar-refractivity contribution in [2.45, 2.75) is 66.4 Å². The normalized spacial score (nSPS) is 11.2. The van der Waals surface area contributed by atoms with Gasteiger partial charge in [0, 0.05) is 12.8 Å². The fraction of sp³-hybridized carbons (Fsp3) is 0.867. The van der Waals surface area contributed by atoms with Gasteiger partial charge >= 0.3 is 11.9 Å². The maximum Gasteiger partial charge on any atom is 0.306 e. The van der Waals surface area contributed by atoms with Crippen molar-refractivity contribution in [2.24, 2.45) is 11.8 Å². The molecule has 0 saturated carbocycles. The maximum atomic E-state index is 11.7. The number of esters is 2. The number of carbonyl (C=O) groups is 2. The second-order valence-electron chi connectivity index (χ2n) is 5.52. The minimum atomic E-state index is -0.237. The van der Waals surface area contributed by atoms with Crippen LogP contribution >= 0.6 is 0 Å². The second-order valence-corrected chi connectivity index (χ2v) is 5.52. The first-order chi connectivity index (χ1) is 8.88. The highest BCUT2D eigenvalue weighted by Gasteiger charge is 2.21. The standard InChI is InChI=1S/C15H28O4/c1-6-10-18-13(16)8-7-9-14(17)19-15(11(2)3)12(4)5/h11-12,15H,6-10H2,1-5H3. The van der Waals surface area contributed by atoms with E-state index >= 15 is 0 Å². The molecule has 0 aromatic rings. The summed E-state index contributed by atoms with van der Waals surface area (Å²) in [6.45, 7) is 10.6. The Morgan fingerprint density at radius 1 is 0.947 bits per heavy atom. The molecular formula is C15H28O4. The minimum Gasteiger partial charge on any atom is -0.466 e. The Morgan fingerprint density at radius 3 is 1.95 bits per heavy atom. The topological polar surface area (TPSA) is 52.6 Å². The monoisotopic (exact) mass is 272 g/mol. The summed E-state index contributed by atoms with van der Waals surface area (Å²) in [5.74, 6) is 0.145. The third-order valence-electron chi connectivity index (χ3n) is 2.81. The van der Waals surface area contributed by atoms with Crippen molar-refractivity contribution in [3.63, 3.8) is 0 Å². The van der Waals surface area contributed by atoms with Crippen LogP contribution in [0.15, 0.2) is 0 Å². The van der Waals surface area contributed by atoms with Crippen LogP contribution in [0.2, 0.25) is 0 Å². The van der Waals surface area contributed by atoms with Gasteiger partial charge in [0.2, 0.25) is 0 Å². The summed E-state index contributed by atoms with van der Waals surface area (Å²) >= 11 is 0. The van der Waals surface area contributed by atoms with Crippen molar-refractivity contribution in [1.82, 2.24) is 0 Å². The van der Waals surface area contributed by atoms with Gasteiger partial charge in [-0.05, 0) is 24.7 Å². The average Bonchev–Trinajstić information content (AvgIpc) is 2.32. The summed E-state index contributed by atoms with van der Waals surface area (Å²) in [6, 6.07) is 0. The molecule has 0 aliphatic heterocycles. The van der Waals surface area contributed by atoms with Crippen LogP contribution in [-0.4, -0.2) is 24.6 Å². The largest absolute Gasteiger partial charge is 0.466 e. The van der Waals surface area contributed by atoms with E-state index in [1.54, 1.807) is 0 Å². The molecule has 0 saturated heterocycles. The summed E-state index contributed by atoms with van der Waals surface area (Å²) in [5.41, 5.74) is 0. The SMILES string of the molecule is CCCOC(=O)CCCC(=O)OC(C(C)C)C(C)C. The Morgan fingerprint density at radius 2 is 1.47 bits per heavy atom. The van der Waals surface area contributed by atoms with E-state index in [0.29, 0.717) is 24.9 Å². The Labute approximate surface area is 116 Å². The first kappa shape index (κ1) is 17.9. The zero-order valence-electron chi connectivity index (χ0n) is 12.9. The molecule has 0 amide bonds. The smallest absolute Gasteiger partial charge is 0.306 e. The van der Waals surface area contributed by atoms with E-state index < -0.39 is 0 Å². The molecule has 0 rings (SSSR count). The van der Waals surface area contributed by atoms with Crippen molar-refractivity contribution in [3.05, 3.63) is 0 Å². The van der Waals surface area contributed by atoms with Crippen LogP contribution in [0.4, 0.5) is 0 Å². The molecule has 0 atom stereocenters. The zero-order valence-corrected chi connectivity index (χ0v) is 12.9. The number of rotatable bonds is 9. The molecule has 4 nitrogen and oxygen atoms in total. The lowest BCUT2D eigenvalue weighted by Gasteiger charge is -2.24. The van der Waals surface area contributed by atoms with Crippen molar-refractivity contribution in [3.8, 4) is 0 Å². The molecule has 4 heteroatoms. The van der Waals surface area contributed by atoms with Crippen LogP contribution < -0.4 is 0 Å². The molecular weight excluding hydrogens is 244 g/mol. The first-order valence-corrected chi connectivity index (χ1v) is 7.23. The van der Waals surface area contributed by atoms with E-state index in [0.717, 1.165) is 6.42 Å². The van der Waals surface area contributed by atoms with E-state index in [1.165, 1.54) is 0 Å². The molecule has 0 N–H and O–H groups in total. The lowest BCUT2D eigenvalue weighted by molar-refractivity contribution is -0.154. The van der Waals surface area contributed by atoms with Gasteiger partial charge in [0.15, 0.2) is 0 Å². The molecule has 0 heterocycles. The van der Waals surface area contributed by atoms with Crippen molar-refractivity contribution < 1.29 is 19.1 Å². The van der Waals surface area contributed by atoms with E-state index in [1.807, 2.05) is 34.6 Å². The maximum absolute atomic E-state index is 11.7. The third-order valence-corrected chi connectivity index (χ3v) is 2.81. The molecule has 0 aromatic carbocycles. The predicted octanol–water partition coefficient (Wildman–Crippen LogP) is 3.33. The molecule has 0 bridgehead atoms. The van der Waals surface area contributed by atoms with Crippen LogP contribution in [0.5, 0.6) is 0 Å². The van der Waals surface area contributed by atoms with Crippen molar-refractivity contribution >= 4 is 11.9 Å². The fourth-order valence-electron chi connectivity index (χ4n) is 1.92. The Balaban J connectivity index is 3.89. The lowest BCUT2D eigenvalue weighted by Crippen LogP contribution is -2.28. The van der Waals surface area contributed by atoms with E-state index in [2.05, 4.69) is 0 Å². The highest BCUT2D eigenvalue weighted by Crippen LogP contribution is 2.17. The predicted molar refractivity (Wildman–Crippen MR) is 74.7 cm³/mol. The fourth-order valence-corrected chi connectivity index (χ4v) is 1.92. The van der Waals surface area contributed by atoms with Gasteiger partial charge in [0.1, 0.15) is 6.10 Å². The molecule has 0 aliphatic carbocycles. The van der Waals surface area contributed by atoms with Gasteiger partial charge in [0.05, 0.1) is 6.61 Å². The molecule has 0 unspecified atom stereocenters. The number of hydrogen-bond acceptors (Lipinski definition) is 4. The highest BCUT2D eigenvalue weighted by molar-refractivity contribution is 5.72. The molecule has 0 spiro atoms. The summed E-state index contributed by atoms with van der Waals surface area (Å²) < 4.78 is 10.4. The summed E-state index contributed by atoms with van der Waals surface area (Å²) in [6.07, 6.45) is 1.81. The molecule has 0 aromatic heterocycles. The van der Waals surface area contributed by atoms with Gasteiger partial charge in [-0.25, -0.2) is 0 Å². The van der Waals surface area contributed by atoms with E-state index in [9.17, 15) is 9.59 Å². The van der Waals surface area contributed by atoms with Crippen LogP contribution in [0, 0.1) is 11.8 Å². The van der Waals surface area contributed by atoms with Crippen LogP contribution in [0.3, 0.4) is 0 Å². The van der Waals surface area contributed by atoms with Gasteiger partial charge in [-0.1, -0.05) is 34.6 Å². The Hall–Kier alpha value is -1.06. The van der Waals surface area contributed by atoms with Gasteiger partial charge in [-0.2, -0.15) is 0 Å². The first-order valence-electron chi connectivity index (χ1n) is 7.23. The van der Waals surface area contributed by atoms with E-state index in [4.69, 9.17) is 9.47 Å². The highest BCUT2D eigenvalue weighted by atomic mass is 16.5. The summed E-state index contributed by atoms with van der Waals surface area (Å²) in [4.78, 5) is 22.9. The Bertz CT molecular complexity index is 263. The minimum absolute atomic E-state index is 0.0560. The molecule has 19 heavy (non-hydrogen) atoms. The Kier molecular flexibility index (Phi) is 9.27.